The van der Waals surface area contributed by atoms with Gasteiger partial charge >= 0.3 is 5.97 Å². The molecule has 8 heteroatoms. The number of ether oxygens (including phenoxy) is 2. The van der Waals surface area contributed by atoms with Gasteiger partial charge in [-0.15, -0.1) is 11.3 Å². The smallest absolute Gasteiger partial charge is 0.309 e. The van der Waals surface area contributed by atoms with Crippen LogP contribution in [0.25, 0.3) is 0 Å². The predicted octanol–water partition coefficient (Wildman–Crippen LogP) is 3.60. The SMILES string of the molecule is CCCCCOc1ccc(CNC(=O)Cc2nc(CC(=O)O)cs2)cc1OCC. The second kappa shape index (κ2) is 12.1. The topological polar surface area (TPSA) is 97.8 Å². The Balaban J connectivity index is 1.88. The first-order chi connectivity index (χ1) is 14.0. The van der Waals surface area contributed by atoms with Crippen LogP contribution in [-0.2, 0) is 29.0 Å². The summed E-state index contributed by atoms with van der Waals surface area (Å²) in [6.45, 7) is 5.62. The Hall–Kier alpha value is -2.61. The van der Waals surface area contributed by atoms with Crippen molar-refractivity contribution >= 4 is 23.2 Å². The van der Waals surface area contributed by atoms with Crippen molar-refractivity contribution in [2.75, 3.05) is 13.2 Å². The zero-order valence-corrected chi connectivity index (χ0v) is 17.7. The molecule has 158 valence electrons. The zero-order valence-electron chi connectivity index (χ0n) is 16.9. The molecular weight excluding hydrogens is 392 g/mol. The van der Waals surface area contributed by atoms with Crippen molar-refractivity contribution < 1.29 is 24.2 Å². The number of carboxylic acid groups (broad SMARTS) is 1. The van der Waals surface area contributed by atoms with E-state index in [-0.39, 0.29) is 18.7 Å². The zero-order chi connectivity index (χ0) is 21.1. The van der Waals surface area contributed by atoms with E-state index in [1.807, 2.05) is 25.1 Å². The van der Waals surface area contributed by atoms with Gasteiger partial charge in [0.1, 0.15) is 5.01 Å². The molecule has 1 amide bonds. The van der Waals surface area contributed by atoms with Crippen LogP contribution in [0.3, 0.4) is 0 Å². The van der Waals surface area contributed by atoms with Crippen molar-refractivity contribution in [1.29, 1.82) is 0 Å². The molecule has 0 bridgehead atoms. The van der Waals surface area contributed by atoms with E-state index in [0.29, 0.717) is 42.0 Å². The molecule has 0 fully saturated rings. The molecule has 7 nitrogen and oxygen atoms in total. The number of carboxylic acids is 1. The van der Waals surface area contributed by atoms with Gasteiger partial charge in [0.2, 0.25) is 5.91 Å². The van der Waals surface area contributed by atoms with Gasteiger partial charge in [-0.25, -0.2) is 4.98 Å². The molecule has 2 aromatic rings. The molecular formula is C21H28N2O5S. The average Bonchev–Trinajstić information content (AvgIpc) is 3.11. The number of unbranched alkanes of at least 4 members (excludes halogenated alkanes) is 2. The lowest BCUT2D eigenvalue weighted by Crippen LogP contribution is -2.24. The minimum absolute atomic E-state index is 0.126. The number of carbonyl (C=O) groups is 2. The van der Waals surface area contributed by atoms with Crippen molar-refractivity contribution in [3.8, 4) is 11.5 Å². The van der Waals surface area contributed by atoms with Gasteiger partial charge in [0.25, 0.3) is 0 Å². The van der Waals surface area contributed by atoms with Crippen molar-refractivity contribution in [1.82, 2.24) is 10.3 Å². The van der Waals surface area contributed by atoms with Gasteiger partial charge in [-0.1, -0.05) is 25.8 Å². The third-order valence-electron chi connectivity index (χ3n) is 4.05. The summed E-state index contributed by atoms with van der Waals surface area (Å²) in [4.78, 5) is 27.1. The largest absolute Gasteiger partial charge is 0.490 e. The van der Waals surface area contributed by atoms with E-state index in [9.17, 15) is 9.59 Å². The fourth-order valence-electron chi connectivity index (χ4n) is 2.65. The van der Waals surface area contributed by atoms with E-state index in [1.54, 1.807) is 5.38 Å². The molecule has 0 aliphatic carbocycles. The van der Waals surface area contributed by atoms with Crippen LogP contribution in [0.1, 0.15) is 49.4 Å². The van der Waals surface area contributed by atoms with Crippen LogP contribution in [0, 0.1) is 0 Å². The van der Waals surface area contributed by atoms with Gasteiger partial charge in [-0.3, -0.25) is 9.59 Å². The van der Waals surface area contributed by atoms with Crippen LogP contribution in [0.15, 0.2) is 23.6 Å². The molecule has 0 unspecified atom stereocenters. The van der Waals surface area contributed by atoms with Gasteiger partial charge in [0.15, 0.2) is 11.5 Å². The molecule has 29 heavy (non-hydrogen) atoms. The normalized spacial score (nSPS) is 10.6. The molecule has 1 aromatic carbocycles. The van der Waals surface area contributed by atoms with E-state index in [0.717, 1.165) is 24.8 Å². The second-order valence-electron chi connectivity index (χ2n) is 6.53. The highest BCUT2D eigenvalue weighted by Gasteiger charge is 2.11. The molecule has 2 N–H and O–H groups in total. The number of thiazole rings is 1. The van der Waals surface area contributed by atoms with E-state index >= 15 is 0 Å². The number of aromatic nitrogens is 1. The Morgan fingerprint density at radius 3 is 2.69 bits per heavy atom. The summed E-state index contributed by atoms with van der Waals surface area (Å²) in [5.74, 6) is 0.286. The maximum atomic E-state index is 12.2. The summed E-state index contributed by atoms with van der Waals surface area (Å²) < 4.78 is 11.5. The van der Waals surface area contributed by atoms with Crippen LogP contribution in [0.4, 0.5) is 0 Å². The summed E-state index contributed by atoms with van der Waals surface area (Å²) in [5.41, 5.74) is 1.38. The maximum Gasteiger partial charge on any atom is 0.309 e. The lowest BCUT2D eigenvalue weighted by Gasteiger charge is -2.13. The number of amides is 1. The van der Waals surface area contributed by atoms with Crippen molar-refractivity contribution in [2.24, 2.45) is 0 Å². The fourth-order valence-corrected chi connectivity index (χ4v) is 3.44. The first-order valence-electron chi connectivity index (χ1n) is 9.82. The number of hydrogen-bond acceptors (Lipinski definition) is 6. The van der Waals surface area contributed by atoms with Crippen LogP contribution >= 0.6 is 11.3 Å². The number of nitrogens with one attached hydrogen (secondary N) is 1. The Morgan fingerprint density at radius 1 is 1.14 bits per heavy atom. The predicted molar refractivity (Wildman–Crippen MR) is 112 cm³/mol. The number of carbonyl (C=O) groups excluding carboxylic acids is 1. The van der Waals surface area contributed by atoms with E-state index in [2.05, 4.69) is 17.2 Å². The lowest BCUT2D eigenvalue weighted by molar-refractivity contribution is -0.136. The van der Waals surface area contributed by atoms with Crippen molar-refractivity contribution in [3.05, 3.63) is 39.8 Å². The van der Waals surface area contributed by atoms with E-state index in [4.69, 9.17) is 14.6 Å². The van der Waals surface area contributed by atoms with Crippen LogP contribution in [-0.4, -0.2) is 35.2 Å². The molecule has 0 aliphatic rings. The Labute approximate surface area is 175 Å². The molecule has 2 rings (SSSR count). The molecule has 0 radical (unpaired) electrons. The molecule has 0 saturated heterocycles. The molecule has 1 heterocycles. The molecule has 1 aromatic heterocycles. The summed E-state index contributed by atoms with van der Waals surface area (Å²) in [5, 5.41) is 13.9. The third-order valence-corrected chi connectivity index (χ3v) is 4.94. The summed E-state index contributed by atoms with van der Waals surface area (Å²) in [6, 6.07) is 5.66. The highest BCUT2D eigenvalue weighted by atomic mass is 32.1. The number of nitrogens with zero attached hydrogens (tertiary/aromatic N) is 1. The summed E-state index contributed by atoms with van der Waals surface area (Å²) in [7, 11) is 0. The maximum absolute atomic E-state index is 12.2. The van der Waals surface area contributed by atoms with Gasteiger partial charge in [-0.2, -0.15) is 0 Å². The summed E-state index contributed by atoms with van der Waals surface area (Å²) in [6.07, 6.45) is 3.27. The van der Waals surface area contributed by atoms with Crippen LogP contribution < -0.4 is 14.8 Å². The van der Waals surface area contributed by atoms with Gasteiger partial charge in [0.05, 0.1) is 31.7 Å². The first-order valence-corrected chi connectivity index (χ1v) is 10.7. The number of aliphatic carboxylic acids is 1. The van der Waals surface area contributed by atoms with E-state index in [1.165, 1.54) is 11.3 Å². The summed E-state index contributed by atoms with van der Waals surface area (Å²) >= 11 is 1.29. The molecule has 0 aliphatic heterocycles. The minimum atomic E-state index is -0.936. The van der Waals surface area contributed by atoms with Crippen LogP contribution in [0.2, 0.25) is 0 Å². The fraction of sp³-hybridized carbons (Fsp3) is 0.476. The standard InChI is InChI=1S/C21H28N2O5S/c1-3-5-6-9-28-17-8-7-15(10-18(17)27-4-2)13-22-19(24)12-20-23-16(14-29-20)11-21(25)26/h7-8,10,14H,3-6,9,11-13H2,1-2H3,(H,22,24)(H,25,26). The number of hydrogen-bond donors (Lipinski definition) is 2. The minimum Gasteiger partial charge on any atom is -0.490 e. The number of benzene rings is 1. The average molecular weight is 421 g/mol. The molecule has 0 spiro atoms. The molecule has 0 atom stereocenters. The highest BCUT2D eigenvalue weighted by Crippen LogP contribution is 2.28. The van der Waals surface area contributed by atoms with E-state index < -0.39 is 5.97 Å². The van der Waals surface area contributed by atoms with Gasteiger partial charge in [-0.05, 0) is 31.0 Å². The highest BCUT2D eigenvalue weighted by molar-refractivity contribution is 7.09. The third kappa shape index (κ3) is 8.11. The quantitative estimate of drug-likeness (QED) is 0.481. The monoisotopic (exact) mass is 420 g/mol. The van der Waals surface area contributed by atoms with Crippen molar-refractivity contribution in [2.45, 2.75) is 52.5 Å². The Morgan fingerprint density at radius 2 is 1.97 bits per heavy atom. The Bertz CT molecular complexity index is 806. The van der Waals surface area contributed by atoms with Crippen LogP contribution in [0.5, 0.6) is 11.5 Å². The second-order valence-corrected chi connectivity index (χ2v) is 7.47. The first kappa shape index (κ1) is 22.7. The Kier molecular flexibility index (Phi) is 9.43. The lowest BCUT2D eigenvalue weighted by atomic mass is 10.2. The van der Waals surface area contributed by atoms with Gasteiger partial charge in [0, 0.05) is 11.9 Å². The van der Waals surface area contributed by atoms with Crippen molar-refractivity contribution in [3.63, 3.8) is 0 Å². The van der Waals surface area contributed by atoms with Gasteiger partial charge < -0.3 is 19.9 Å². The number of rotatable bonds is 13. The molecule has 0 saturated carbocycles.